The molecule has 2 rings (SSSR count). The number of carbonyl (C=O) groups excluding carboxylic acids is 2. The van der Waals surface area contributed by atoms with Crippen LogP contribution in [0.15, 0.2) is 35.5 Å². The highest BCUT2D eigenvalue weighted by molar-refractivity contribution is 6.02. The molecule has 0 aromatic heterocycles. The Morgan fingerprint density at radius 1 is 1.21 bits per heavy atom. The van der Waals surface area contributed by atoms with E-state index >= 15 is 0 Å². The number of rotatable bonds is 5. The highest BCUT2D eigenvalue weighted by Gasteiger charge is 2.38. The maximum atomic E-state index is 11.9. The van der Waals surface area contributed by atoms with E-state index in [1.165, 1.54) is 14.2 Å². The summed E-state index contributed by atoms with van der Waals surface area (Å²) in [5.74, 6) is -2.36. The Balaban J connectivity index is 2.32. The van der Waals surface area contributed by atoms with E-state index in [1.807, 2.05) is 44.2 Å². The fourth-order valence-corrected chi connectivity index (χ4v) is 2.82. The Labute approximate surface area is 141 Å². The third kappa shape index (κ3) is 4.13. The van der Waals surface area contributed by atoms with Gasteiger partial charge in [-0.05, 0) is 19.4 Å². The van der Waals surface area contributed by atoms with E-state index in [1.54, 1.807) is 0 Å². The van der Waals surface area contributed by atoms with Crippen molar-refractivity contribution in [2.24, 2.45) is 11.1 Å². The molecule has 0 saturated carbocycles. The van der Waals surface area contributed by atoms with Gasteiger partial charge in [-0.1, -0.05) is 35.5 Å². The van der Waals surface area contributed by atoms with Gasteiger partial charge in [0.25, 0.3) is 0 Å². The van der Waals surface area contributed by atoms with Crippen molar-refractivity contribution in [1.82, 2.24) is 0 Å². The van der Waals surface area contributed by atoms with Crippen LogP contribution in [-0.4, -0.2) is 37.5 Å². The van der Waals surface area contributed by atoms with Gasteiger partial charge in [0.05, 0.1) is 19.9 Å². The number of nitrogens with zero attached hydrogens (tertiary/aromatic N) is 1. The van der Waals surface area contributed by atoms with Gasteiger partial charge in [0.1, 0.15) is 5.60 Å². The smallest absolute Gasteiger partial charge is 0.320 e. The molecule has 0 saturated heterocycles. The standard InChI is InChI=1S/C18H23NO5/c1-18(2)11-14(12-8-6-5-7-9-12)15(19-24-18)10-13(16(20)22-3)17(21)23-4/h5-9,13-14H,10-11H2,1-4H3/t14-/m1/s1. The Morgan fingerprint density at radius 3 is 2.33 bits per heavy atom. The number of benzene rings is 1. The molecule has 0 fully saturated rings. The van der Waals surface area contributed by atoms with Crippen molar-refractivity contribution < 1.29 is 23.9 Å². The molecule has 1 aliphatic heterocycles. The molecular formula is C18H23NO5. The molecule has 0 spiro atoms. The van der Waals surface area contributed by atoms with Crippen LogP contribution in [0.2, 0.25) is 0 Å². The zero-order valence-electron chi connectivity index (χ0n) is 14.4. The van der Waals surface area contributed by atoms with E-state index in [0.717, 1.165) is 5.56 Å². The first kappa shape index (κ1) is 18.0. The van der Waals surface area contributed by atoms with Gasteiger partial charge in [0.15, 0.2) is 5.92 Å². The van der Waals surface area contributed by atoms with Crippen molar-refractivity contribution in [2.45, 2.75) is 38.2 Å². The van der Waals surface area contributed by atoms with Gasteiger partial charge >= 0.3 is 11.9 Å². The SMILES string of the molecule is COC(=O)C(CC1=NOC(C)(C)C[C@@H]1c1ccccc1)C(=O)OC. The van der Waals surface area contributed by atoms with Crippen LogP contribution in [0.4, 0.5) is 0 Å². The fourth-order valence-electron chi connectivity index (χ4n) is 2.82. The van der Waals surface area contributed by atoms with E-state index in [-0.39, 0.29) is 12.3 Å². The summed E-state index contributed by atoms with van der Waals surface area (Å²) >= 11 is 0. The predicted molar refractivity (Wildman–Crippen MR) is 88.5 cm³/mol. The predicted octanol–water partition coefficient (Wildman–Crippen LogP) is 2.68. The summed E-state index contributed by atoms with van der Waals surface area (Å²) in [5.41, 5.74) is 1.29. The van der Waals surface area contributed by atoms with Crippen molar-refractivity contribution in [3.8, 4) is 0 Å². The first-order valence-electron chi connectivity index (χ1n) is 7.83. The number of hydrogen-bond acceptors (Lipinski definition) is 6. The van der Waals surface area contributed by atoms with Crippen LogP contribution in [0.25, 0.3) is 0 Å². The lowest BCUT2D eigenvalue weighted by Gasteiger charge is -2.34. The van der Waals surface area contributed by atoms with Gasteiger partial charge in [-0.15, -0.1) is 0 Å². The minimum Gasteiger partial charge on any atom is -0.468 e. The molecule has 6 nitrogen and oxygen atoms in total. The summed E-state index contributed by atoms with van der Waals surface area (Å²) in [6.45, 7) is 3.92. The summed E-state index contributed by atoms with van der Waals surface area (Å²) in [4.78, 5) is 29.4. The minimum absolute atomic E-state index is 0.0354. The van der Waals surface area contributed by atoms with Crippen LogP contribution in [-0.2, 0) is 23.9 Å². The highest BCUT2D eigenvalue weighted by atomic mass is 16.6. The molecule has 1 aromatic carbocycles. The molecule has 0 bridgehead atoms. The number of hydrogen-bond donors (Lipinski definition) is 0. The molecule has 1 aromatic rings. The number of esters is 2. The first-order valence-corrected chi connectivity index (χ1v) is 7.83. The fraction of sp³-hybridized carbons (Fsp3) is 0.500. The topological polar surface area (TPSA) is 74.2 Å². The second-order valence-electron chi connectivity index (χ2n) is 6.40. The Kier molecular flexibility index (Phi) is 5.59. The molecule has 1 atom stereocenters. The zero-order valence-corrected chi connectivity index (χ0v) is 14.4. The van der Waals surface area contributed by atoms with Gasteiger partial charge in [-0.3, -0.25) is 9.59 Å². The molecule has 0 aliphatic carbocycles. The molecule has 24 heavy (non-hydrogen) atoms. The van der Waals surface area contributed by atoms with Crippen LogP contribution in [0, 0.1) is 5.92 Å². The van der Waals surface area contributed by atoms with Crippen LogP contribution in [0.5, 0.6) is 0 Å². The van der Waals surface area contributed by atoms with Crippen LogP contribution >= 0.6 is 0 Å². The summed E-state index contributed by atoms with van der Waals surface area (Å²) in [6.07, 6.45) is 0.805. The maximum Gasteiger partial charge on any atom is 0.320 e. The number of methoxy groups -OCH3 is 2. The monoisotopic (exact) mass is 333 g/mol. The average Bonchev–Trinajstić information content (AvgIpc) is 2.59. The van der Waals surface area contributed by atoms with Gasteiger partial charge in [0, 0.05) is 18.8 Å². The minimum atomic E-state index is -1.05. The number of carbonyl (C=O) groups is 2. The maximum absolute atomic E-state index is 11.9. The summed E-state index contributed by atoms with van der Waals surface area (Å²) in [5, 5.41) is 4.21. The van der Waals surface area contributed by atoms with Crippen molar-refractivity contribution in [3.05, 3.63) is 35.9 Å². The molecule has 0 radical (unpaired) electrons. The second-order valence-corrected chi connectivity index (χ2v) is 6.40. The molecule has 1 aliphatic rings. The summed E-state index contributed by atoms with van der Waals surface area (Å²) < 4.78 is 9.45. The van der Waals surface area contributed by atoms with Gasteiger partial charge < -0.3 is 14.3 Å². The van der Waals surface area contributed by atoms with Crippen molar-refractivity contribution in [2.75, 3.05) is 14.2 Å². The van der Waals surface area contributed by atoms with E-state index < -0.39 is 23.5 Å². The van der Waals surface area contributed by atoms with Gasteiger partial charge in [-0.2, -0.15) is 0 Å². The average molecular weight is 333 g/mol. The molecule has 130 valence electrons. The van der Waals surface area contributed by atoms with Gasteiger partial charge in [0.2, 0.25) is 0 Å². The molecular weight excluding hydrogens is 310 g/mol. The summed E-state index contributed by atoms with van der Waals surface area (Å²) in [7, 11) is 2.49. The van der Waals surface area contributed by atoms with Crippen molar-refractivity contribution >= 4 is 17.7 Å². The lowest BCUT2D eigenvalue weighted by Crippen LogP contribution is -2.37. The van der Waals surface area contributed by atoms with Crippen LogP contribution < -0.4 is 0 Å². The van der Waals surface area contributed by atoms with Crippen molar-refractivity contribution in [3.63, 3.8) is 0 Å². The van der Waals surface area contributed by atoms with Crippen LogP contribution in [0.1, 0.15) is 38.2 Å². The normalized spacial score (nSPS) is 19.2. The van der Waals surface area contributed by atoms with E-state index in [4.69, 9.17) is 14.3 Å². The Morgan fingerprint density at radius 2 is 1.79 bits per heavy atom. The second kappa shape index (κ2) is 7.47. The lowest BCUT2D eigenvalue weighted by molar-refractivity contribution is -0.158. The summed E-state index contributed by atoms with van der Waals surface area (Å²) in [6, 6.07) is 9.86. The third-order valence-electron chi connectivity index (χ3n) is 4.09. The third-order valence-corrected chi connectivity index (χ3v) is 4.09. The highest BCUT2D eigenvalue weighted by Crippen LogP contribution is 2.36. The van der Waals surface area contributed by atoms with E-state index in [0.29, 0.717) is 12.1 Å². The number of oxime groups is 1. The first-order chi connectivity index (χ1) is 11.4. The number of ether oxygens (including phenoxy) is 2. The Hall–Kier alpha value is -2.37. The lowest BCUT2D eigenvalue weighted by atomic mass is 9.80. The van der Waals surface area contributed by atoms with Gasteiger partial charge in [-0.25, -0.2) is 0 Å². The molecule has 6 heteroatoms. The van der Waals surface area contributed by atoms with Crippen LogP contribution in [0.3, 0.4) is 0 Å². The molecule has 0 unspecified atom stereocenters. The quantitative estimate of drug-likeness (QED) is 0.612. The van der Waals surface area contributed by atoms with Crippen molar-refractivity contribution in [1.29, 1.82) is 0 Å². The Bertz CT molecular complexity index is 608. The molecule has 0 amide bonds. The molecule has 1 heterocycles. The zero-order chi connectivity index (χ0) is 17.7. The van der Waals surface area contributed by atoms with E-state index in [9.17, 15) is 9.59 Å². The molecule has 0 N–H and O–H groups in total. The largest absolute Gasteiger partial charge is 0.468 e. The van der Waals surface area contributed by atoms with E-state index in [2.05, 4.69) is 5.16 Å².